The first-order valence-corrected chi connectivity index (χ1v) is 6.12. The van der Waals surface area contributed by atoms with Crippen LogP contribution in [-0.2, 0) is 0 Å². The van der Waals surface area contributed by atoms with Gasteiger partial charge in [0, 0.05) is 16.9 Å². The number of ether oxygens (including phenoxy) is 1. The van der Waals surface area contributed by atoms with Crippen molar-refractivity contribution in [1.29, 1.82) is 0 Å². The highest BCUT2D eigenvalue weighted by atomic mass is 16.5. The maximum absolute atomic E-state index is 12.0. The van der Waals surface area contributed by atoms with Crippen LogP contribution in [0.5, 0.6) is 5.75 Å². The van der Waals surface area contributed by atoms with Gasteiger partial charge in [0.15, 0.2) is 0 Å². The van der Waals surface area contributed by atoms with E-state index in [2.05, 4.69) is 10.3 Å². The van der Waals surface area contributed by atoms with Gasteiger partial charge in [-0.05, 0) is 31.5 Å². The lowest BCUT2D eigenvalue weighted by atomic mass is 10.2. The fourth-order valence-corrected chi connectivity index (χ4v) is 1.83. The van der Waals surface area contributed by atoms with Gasteiger partial charge in [0.1, 0.15) is 11.4 Å². The average Bonchev–Trinajstić information content (AvgIpc) is 2.82. The molecule has 0 saturated heterocycles. The number of aromatic nitrogens is 1. The van der Waals surface area contributed by atoms with Crippen LogP contribution in [-0.4, -0.2) is 24.0 Å². The Morgan fingerprint density at radius 2 is 2.28 bits per heavy atom. The highest BCUT2D eigenvalue weighted by Crippen LogP contribution is 2.25. The molecule has 2 rings (SSSR count). The summed E-state index contributed by atoms with van der Waals surface area (Å²) in [5.74, 6) is 0.689. The molecule has 1 atom stereocenters. The van der Waals surface area contributed by atoms with E-state index in [9.17, 15) is 4.79 Å². The molecule has 4 heteroatoms. The topological polar surface area (TPSA) is 54.1 Å². The molecule has 2 N–H and O–H groups in total. The van der Waals surface area contributed by atoms with Crippen LogP contribution < -0.4 is 10.1 Å². The fourth-order valence-electron chi connectivity index (χ4n) is 1.83. The van der Waals surface area contributed by atoms with Crippen molar-refractivity contribution in [2.75, 3.05) is 7.11 Å². The number of fused-ring (bicyclic) bond motifs is 1. The van der Waals surface area contributed by atoms with E-state index in [0.29, 0.717) is 5.69 Å². The number of hydrogen-bond acceptors (Lipinski definition) is 2. The van der Waals surface area contributed by atoms with Gasteiger partial charge in [0.05, 0.1) is 7.11 Å². The van der Waals surface area contributed by atoms with Crippen molar-refractivity contribution >= 4 is 16.8 Å². The fraction of sp³-hybridized carbons (Fsp3) is 0.357. The predicted octanol–water partition coefficient (Wildman–Crippen LogP) is 2.70. The molecule has 0 spiro atoms. The number of carbonyl (C=O) groups excluding carboxylic acids is 1. The monoisotopic (exact) mass is 246 g/mol. The van der Waals surface area contributed by atoms with Gasteiger partial charge in [0.25, 0.3) is 5.91 Å². The Bertz CT molecular complexity index is 560. The van der Waals surface area contributed by atoms with Gasteiger partial charge in [0.2, 0.25) is 0 Å². The smallest absolute Gasteiger partial charge is 0.267 e. The summed E-state index contributed by atoms with van der Waals surface area (Å²) in [6, 6.07) is 7.70. The second-order valence-electron chi connectivity index (χ2n) is 4.39. The average molecular weight is 246 g/mol. The molecular formula is C14H18N2O2. The third kappa shape index (κ3) is 2.32. The van der Waals surface area contributed by atoms with Crippen LogP contribution in [0.25, 0.3) is 10.9 Å². The van der Waals surface area contributed by atoms with Crippen molar-refractivity contribution in [3.63, 3.8) is 0 Å². The highest BCUT2D eigenvalue weighted by Gasteiger charge is 2.13. The van der Waals surface area contributed by atoms with Crippen molar-refractivity contribution < 1.29 is 9.53 Å². The number of amides is 1. The molecular weight excluding hydrogens is 228 g/mol. The summed E-state index contributed by atoms with van der Waals surface area (Å²) in [6.07, 6.45) is 0.912. The third-order valence-electron chi connectivity index (χ3n) is 3.08. The van der Waals surface area contributed by atoms with Crippen molar-refractivity contribution in [3.8, 4) is 5.75 Å². The van der Waals surface area contributed by atoms with Crippen LogP contribution in [0.1, 0.15) is 30.8 Å². The Kier molecular flexibility index (Phi) is 3.55. The van der Waals surface area contributed by atoms with Crippen LogP contribution in [0.2, 0.25) is 0 Å². The van der Waals surface area contributed by atoms with Crippen LogP contribution in [0.4, 0.5) is 0 Å². The summed E-state index contributed by atoms with van der Waals surface area (Å²) in [6.45, 7) is 4.03. The van der Waals surface area contributed by atoms with E-state index >= 15 is 0 Å². The molecule has 0 aliphatic carbocycles. The van der Waals surface area contributed by atoms with Crippen LogP contribution in [0, 0.1) is 0 Å². The second-order valence-corrected chi connectivity index (χ2v) is 4.39. The quantitative estimate of drug-likeness (QED) is 0.871. The minimum atomic E-state index is -0.0809. The number of benzene rings is 1. The lowest BCUT2D eigenvalue weighted by Crippen LogP contribution is -2.32. The van der Waals surface area contributed by atoms with Gasteiger partial charge >= 0.3 is 0 Å². The molecule has 0 bridgehead atoms. The maximum Gasteiger partial charge on any atom is 0.267 e. The molecule has 1 heterocycles. The van der Waals surface area contributed by atoms with Gasteiger partial charge in [-0.25, -0.2) is 0 Å². The largest absolute Gasteiger partial charge is 0.496 e. The minimum Gasteiger partial charge on any atom is -0.496 e. The van der Waals surface area contributed by atoms with E-state index in [1.807, 2.05) is 38.1 Å². The predicted molar refractivity (Wildman–Crippen MR) is 72.1 cm³/mol. The zero-order valence-electron chi connectivity index (χ0n) is 10.9. The number of aromatic amines is 1. The highest BCUT2D eigenvalue weighted by molar-refractivity contribution is 5.99. The molecule has 0 radical (unpaired) electrons. The molecule has 1 amide bonds. The van der Waals surface area contributed by atoms with Crippen molar-refractivity contribution in [1.82, 2.24) is 10.3 Å². The van der Waals surface area contributed by atoms with E-state index in [-0.39, 0.29) is 11.9 Å². The summed E-state index contributed by atoms with van der Waals surface area (Å²) in [5, 5.41) is 3.86. The number of nitrogens with one attached hydrogen (secondary N) is 2. The van der Waals surface area contributed by atoms with Gasteiger partial charge in [-0.1, -0.05) is 13.0 Å². The van der Waals surface area contributed by atoms with E-state index in [1.165, 1.54) is 0 Å². The number of methoxy groups -OCH3 is 1. The van der Waals surface area contributed by atoms with Crippen molar-refractivity contribution in [2.24, 2.45) is 0 Å². The Morgan fingerprint density at radius 3 is 2.94 bits per heavy atom. The Morgan fingerprint density at radius 1 is 1.50 bits per heavy atom. The van der Waals surface area contributed by atoms with Crippen LogP contribution >= 0.6 is 0 Å². The molecule has 4 nitrogen and oxygen atoms in total. The van der Waals surface area contributed by atoms with Crippen molar-refractivity contribution in [3.05, 3.63) is 30.0 Å². The summed E-state index contributed by atoms with van der Waals surface area (Å²) in [5.41, 5.74) is 1.47. The van der Waals surface area contributed by atoms with Gasteiger partial charge in [-0.3, -0.25) is 4.79 Å². The Balaban J connectivity index is 2.32. The molecule has 1 aromatic heterocycles. The zero-order valence-corrected chi connectivity index (χ0v) is 10.9. The van der Waals surface area contributed by atoms with E-state index < -0.39 is 0 Å². The Hall–Kier alpha value is -1.97. The second kappa shape index (κ2) is 5.12. The number of hydrogen-bond donors (Lipinski definition) is 2. The van der Waals surface area contributed by atoms with E-state index in [4.69, 9.17) is 4.74 Å². The van der Waals surface area contributed by atoms with E-state index in [1.54, 1.807) is 7.11 Å². The number of H-pyrrole nitrogens is 1. The SMILES string of the molecule is CCC(C)NC(=O)c1cc2c(OC)cccc2[nH]1. The maximum atomic E-state index is 12.0. The molecule has 1 unspecified atom stereocenters. The molecule has 96 valence electrons. The first-order chi connectivity index (χ1) is 8.65. The zero-order chi connectivity index (χ0) is 13.1. The van der Waals surface area contributed by atoms with Gasteiger partial charge < -0.3 is 15.0 Å². The van der Waals surface area contributed by atoms with Crippen LogP contribution in [0.3, 0.4) is 0 Å². The Labute approximate surface area is 106 Å². The van der Waals surface area contributed by atoms with Crippen molar-refractivity contribution in [2.45, 2.75) is 26.3 Å². The first kappa shape index (κ1) is 12.5. The summed E-state index contributed by atoms with van der Waals surface area (Å²) in [7, 11) is 1.63. The lowest BCUT2D eigenvalue weighted by Gasteiger charge is -2.09. The summed E-state index contributed by atoms with van der Waals surface area (Å²) in [4.78, 5) is 15.1. The molecule has 0 saturated carbocycles. The molecule has 2 aromatic rings. The minimum absolute atomic E-state index is 0.0809. The molecule has 0 fully saturated rings. The lowest BCUT2D eigenvalue weighted by molar-refractivity contribution is 0.0935. The first-order valence-electron chi connectivity index (χ1n) is 6.12. The molecule has 0 aliphatic heterocycles. The van der Waals surface area contributed by atoms with Gasteiger partial charge in [-0.15, -0.1) is 0 Å². The molecule has 18 heavy (non-hydrogen) atoms. The van der Waals surface area contributed by atoms with Crippen LogP contribution in [0.15, 0.2) is 24.3 Å². The number of rotatable bonds is 4. The number of carbonyl (C=O) groups is 1. The summed E-state index contributed by atoms with van der Waals surface area (Å²) >= 11 is 0. The standard InChI is InChI=1S/C14H18N2O2/c1-4-9(2)15-14(17)12-8-10-11(16-12)6-5-7-13(10)18-3/h5-9,16H,4H2,1-3H3,(H,15,17). The summed E-state index contributed by atoms with van der Waals surface area (Å²) < 4.78 is 5.27. The molecule has 0 aliphatic rings. The van der Waals surface area contributed by atoms with Gasteiger partial charge in [-0.2, -0.15) is 0 Å². The normalized spacial score (nSPS) is 12.4. The third-order valence-corrected chi connectivity index (χ3v) is 3.08. The van der Waals surface area contributed by atoms with E-state index in [0.717, 1.165) is 23.1 Å². The molecule has 1 aromatic carbocycles.